The van der Waals surface area contributed by atoms with Crippen LogP contribution in [0, 0.1) is 6.92 Å². The van der Waals surface area contributed by atoms with Crippen molar-refractivity contribution in [3.05, 3.63) is 59.9 Å². The highest BCUT2D eigenvalue weighted by atomic mass is 32.2. The molecule has 0 unspecified atom stereocenters. The molecule has 0 spiro atoms. The van der Waals surface area contributed by atoms with E-state index in [9.17, 15) is 8.42 Å². The molecule has 2 atom stereocenters. The van der Waals surface area contributed by atoms with Gasteiger partial charge in [-0.2, -0.15) is 0 Å². The molecule has 0 saturated heterocycles. The molecule has 1 aliphatic carbocycles. The normalized spacial score (nSPS) is 18.2. The van der Waals surface area contributed by atoms with Gasteiger partial charge in [0.25, 0.3) is 0 Å². The minimum atomic E-state index is -3.51. The third-order valence-corrected chi connectivity index (χ3v) is 7.14. The molecule has 3 aromatic rings. The number of hydrogen-bond acceptors (Lipinski definition) is 6. The van der Waals surface area contributed by atoms with Gasteiger partial charge >= 0.3 is 6.16 Å². The second-order valence-electron chi connectivity index (χ2n) is 6.20. The minimum Gasteiger partial charge on any atom is -0.450 e. The van der Waals surface area contributed by atoms with Crippen molar-refractivity contribution in [3.8, 4) is 10.6 Å². The number of aryl methyl sites for hydroxylation is 1. The third kappa shape index (κ3) is 4.97. The van der Waals surface area contributed by atoms with E-state index in [0.29, 0.717) is 15.7 Å². The van der Waals surface area contributed by atoms with Crippen molar-refractivity contribution in [1.82, 2.24) is 9.88 Å². The molecule has 2 heterocycles. The zero-order chi connectivity index (χ0) is 20.3. The van der Waals surface area contributed by atoms with Crippen LogP contribution in [0.15, 0.2) is 57.3 Å². The van der Waals surface area contributed by atoms with E-state index < -0.39 is 16.2 Å². The van der Waals surface area contributed by atoms with Crippen molar-refractivity contribution < 1.29 is 27.9 Å². The monoisotopic (exact) mass is 422 g/mol. The maximum Gasteiger partial charge on any atom is 0.503 e. The summed E-state index contributed by atoms with van der Waals surface area (Å²) in [4.78, 5) is 9.34. The van der Waals surface area contributed by atoms with Gasteiger partial charge in [0.1, 0.15) is 15.7 Å². The van der Waals surface area contributed by atoms with Gasteiger partial charge in [0, 0.05) is 18.0 Å². The van der Waals surface area contributed by atoms with Gasteiger partial charge in [-0.1, -0.05) is 35.5 Å². The van der Waals surface area contributed by atoms with Crippen LogP contribution in [0.2, 0.25) is 0 Å². The van der Waals surface area contributed by atoms with E-state index >= 15 is 0 Å². The Hall–Kier alpha value is -2.69. The summed E-state index contributed by atoms with van der Waals surface area (Å²) in [5.41, 5.74) is 1.84. The number of rotatable bonds is 5. The molecule has 0 amide bonds. The molecular weight excluding hydrogens is 404 g/mol. The lowest BCUT2D eigenvalue weighted by molar-refractivity contribution is 0.137. The molecule has 10 heteroatoms. The lowest BCUT2D eigenvalue weighted by Crippen LogP contribution is -2.26. The second-order valence-corrected chi connectivity index (χ2v) is 9.23. The van der Waals surface area contributed by atoms with Crippen LogP contribution in [0.5, 0.6) is 0 Å². The van der Waals surface area contributed by atoms with Crippen LogP contribution in [0.25, 0.3) is 10.6 Å². The van der Waals surface area contributed by atoms with Crippen LogP contribution < -0.4 is 4.72 Å². The first-order chi connectivity index (χ1) is 13.3. The number of aromatic nitrogens is 1. The SMILES string of the molecule is Cc1cc(-c2ccc(S(=O)(=O)N[C@H]3C[C@@H]3c3ccccc3)s2)no1.O=C(O)O. The molecule has 148 valence electrons. The van der Waals surface area contributed by atoms with Gasteiger partial charge in [-0.25, -0.2) is 17.9 Å². The third-order valence-electron chi connectivity index (χ3n) is 4.05. The second kappa shape index (κ2) is 8.13. The lowest BCUT2D eigenvalue weighted by Gasteiger charge is -2.04. The summed E-state index contributed by atoms with van der Waals surface area (Å²) >= 11 is 1.20. The first-order valence-corrected chi connectivity index (χ1v) is 10.6. The molecule has 1 fully saturated rings. The molecule has 0 radical (unpaired) electrons. The van der Waals surface area contributed by atoms with E-state index in [1.54, 1.807) is 25.1 Å². The van der Waals surface area contributed by atoms with E-state index in [0.717, 1.165) is 11.3 Å². The number of carboxylic acid groups (broad SMARTS) is 2. The van der Waals surface area contributed by atoms with Gasteiger partial charge in [-0.05, 0) is 31.0 Å². The predicted molar refractivity (Wildman–Crippen MR) is 103 cm³/mol. The zero-order valence-corrected chi connectivity index (χ0v) is 16.4. The van der Waals surface area contributed by atoms with Crippen LogP contribution in [-0.2, 0) is 10.0 Å². The molecule has 8 nitrogen and oxygen atoms in total. The predicted octanol–water partition coefficient (Wildman–Crippen LogP) is 3.77. The molecule has 1 saturated carbocycles. The standard InChI is InChI=1S/C17H16N2O3S2.CH2O3/c1-11-9-15(18-22-11)16-7-8-17(23-16)24(20,21)19-14-10-13(14)12-5-3-2-4-6-12;2-1(3)4/h2-9,13-14,19H,10H2,1H3;(H2,2,3,4)/t13-,14+;/m1./s1. The van der Waals surface area contributed by atoms with Crippen molar-refractivity contribution in [3.63, 3.8) is 0 Å². The summed E-state index contributed by atoms with van der Waals surface area (Å²) in [6.07, 6.45) is -0.996. The van der Waals surface area contributed by atoms with Crippen LogP contribution in [0.1, 0.15) is 23.7 Å². The summed E-state index contributed by atoms with van der Waals surface area (Å²) in [7, 11) is -3.51. The first-order valence-electron chi connectivity index (χ1n) is 8.29. The maximum absolute atomic E-state index is 12.6. The van der Waals surface area contributed by atoms with Gasteiger partial charge in [-0.3, -0.25) is 0 Å². The number of thiophene rings is 1. The number of nitrogens with zero attached hydrogens (tertiary/aromatic N) is 1. The fourth-order valence-electron chi connectivity index (χ4n) is 2.74. The van der Waals surface area contributed by atoms with E-state index in [1.807, 2.05) is 30.3 Å². The molecule has 2 aromatic heterocycles. The number of hydrogen-bond donors (Lipinski definition) is 3. The summed E-state index contributed by atoms with van der Waals surface area (Å²) in [6, 6.07) is 15.1. The van der Waals surface area contributed by atoms with Gasteiger partial charge in [-0.15, -0.1) is 11.3 Å². The van der Waals surface area contributed by atoms with Crippen molar-refractivity contribution in [1.29, 1.82) is 0 Å². The summed E-state index contributed by atoms with van der Waals surface area (Å²) < 4.78 is 33.3. The number of sulfonamides is 1. The molecule has 28 heavy (non-hydrogen) atoms. The van der Waals surface area contributed by atoms with E-state index in [-0.39, 0.29) is 12.0 Å². The van der Waals surface area contributed by atoms with Gasteiger partial charge in [0.05, 0.1) is 4.88 Å². The van der Waals surface area contributed by atoms with Crippen LogP contribution in [0.4, 0.5) is 4.79 Å². The van der Waals surface area contributed by atoms with Crippen LogP contribution >= 0.6 is 11.3 Å². The maximum atomic E-state index is 12.6. The molecule has 3 N–H and O–H groups in total. The molecular formula is C18H18N2O6S2. The Bertz CT molecular complexity index is 1050. The fourth-order valence-corrected chi connectivity index (χ4v) is 5.30. The fraction of sp³-hybridized carbons (Fsp3) is 0.222. The Morgan fingerprint density at radius 1 is 1.21 bits per heavy atom. The van der Waals surface area contributed by atoms with Gasteiger partial charge in [0.15, 0.2) is 0 Å². The van der Waals surface area contributed by atoms with Crippen molar-refractivity contribution >= 4 is 27.5 Å². The average molecular weight is 422 g/mol. The zero-order valence-electron chi connectivity index (χ0n) is 14.8. The van der Waals surface area contributed by atoms with Crippen LogP contribution in [-0.4, -0.2) is 36.0 Å². The van der Waals surface area contributed by atoms with Gasteiger partial charge < -0.3 is 14.7 Å². The smallest absolute Gasteiger partial charge is 0.450 e. The Morgan fingerprint density at radius 2 is 1.89 bits per heavy atom. The molecule has 1 aromatic carbocycles. The largest absolute Gasteiger partial charge is 0.503 e. The van der Waals surface area contributed by atoms with E-state index in [2.05, 4.69) is 9.88 Å². The van der Waals surface area contributed by atoms with Gasteiger partial charge in [0.2, 0.25) is 10.0 Å². The quantitative estimate of drug-likeness (QED) is 0.570. The molecule has 0 bridgehead atoms. The number of nitrogens with one attached hydrogen (secondary N) is 1. The Balaban J connectivity index is 0.000000516. The Labute approximate surface area is 165 Å². The summed E-state index contributed by atoms with van der Waals surface area (Å²) in [5, 5.41) is 17.9. The Morgan fingerprint density at radius 3 is 2.50 bits per heavy atom. The Kier molecular flexibility index (Phi) is 5.82. The highest BCUT2D eigenvalue weighted by molar-refractivity contribution is 7.91. The number of carbonyl (C=O) groups is 1. The van der Waals surface area contributed by atoms with Crippen molar-refractivity contribution in [2.24, 2.45) is 0 Å². The topological polar surface area (TPSA) is 130 Å². The van der Waals surface area contributed by atoms with Crippen molar-refractivity contribution in [2.45, 2.75) is 29.5 Å². The summed E-state index contributed by atoms with van der Waals surface area (Å²) in [6.45, 7) is 1.81. The van der Waals surface area contributed by atoms with Crippen LogP contribution in [0.3, 0.4) is 0 Å². The molecule has 4 rings (SSSR count). The van der Waals surface area contributed by atoms with E-state index in [4.69, 9.17) is 19.5 Å². The highest BCUT2D eigenvalue weighted by Crippen LogP contribution is 2.42. The molecule has 1 aliphatic rings. The first kappa shape index (κ1) is 20.1. The molecule has 0 aliphatic heterocycles. The average Bonchev–Trinajstić information content (AvgIpc) is 3.03. The lowest BCUT2D eigenvalue weighted by atomic mass is 10.1. The van der Waals surface area contributed by atoms with E-state index in [1.165, 1.54) is 16.9 Å². The highest BCUT2D eigenvalue weighted by Gasteiger charge is 2.41. The minimum absolute atomic E-state index is 0.0303. The summed E-state index contributed by atoms with van der Waals surface area (Å²) in [5.74, 6) is 0.961. The number of benzene rings is 1. The van der Waals surface area contributed by atoms with Crippen molar-refractivity contribution in [2.75, 3.05) is 0 Å².